The number of carbonyl (C=O) groups excluding carboxylic acids is 1. The van der Waals surface area contributed by atoms with E-state index < -0.39 is 28.3 Å². The van der Waals surface area contributed by atoms with Gasteiger partial charge in [0.1, 0.15) is 11.6 Å². The molecule has 0 atom stereocenters. The van der Waals surface area contributed by atoms with Crippen LogP contribution in [0.3, 0.4) is 0 Å². The number of hydrogen-bond acceptors (Lipinski definition) is 4. The Labute approximate surface area is 143 Å². The molecule has 0 saturated carbocycles. The third-order valence-corrected chi connectivity index (χ3v) is 4.70. The van der Waals surface area contributed by atoms with E-state index in [4.69, 9.17) is 16.3 Å². The van der Waals surface area contributed by atoms with Gasteiger partial charge in [0.25, 0.3) is 0 Å². The number of amides is 1. The molecular formula is C15H14ClFN2O4S. The normalized spacial score (nSPS) is 11.1. The third-order valence-electron chi connectivity index (χ3n) is 3.00. The molecule has 0 heterocycles. The maximum Gasteiger partial charge on any atom is 0.241 e. The molecule has 0 spiro atoms. The first-order chi connectivity index (χ1) is 11.3. The smallest absolute Gasteiger partial charge is 0.241 e. The van der Waals surface area contributed by atoms with Gasteiger partial charge in [-0.2, -0.15) is 0 Å². The van der Waals surface area contributed by atoms with Crippen LogP contribution in [-0.4, -0.2) is 28.0 Å². The molecule has 2 aromatic rings. The maximum atomic E-state index is 13.4. The van der Waals surface area contributed by atoms with Gasteiger partial charge < -0.3 is 10.1 Å². The van der Waals surface area contributed by atoms with E-state index in [1.165, 1.54) is 43.5 Å². The highest BCUT2D eigenvalue weighted by Gasteiger charge is 2.17. The summed E-state index contributed by atoms with van der Waals surface area (Å²) >= 11 is 5.88. The van der Waals surface area contributed by atoms with Crippen molar-refractivity contribution in [3.8, 4) is 5.75 Å². The number of nitrogens with one attached hydrogen (secondary N) is 2. The number of para-hydroxylation sites is 1. The van der Waals surface area contributed by atoms with Crippen molar-refractivity contribution < 1.29 is 22.3 Å². The number of rotatable bonds is 6. The van der Waals surface area contributed by atoms with E-state index >= 15 is 0 Å². The monoisotopic (exact) mass is 372 g/mol. The number of hydrogen-bond donors (Lipinski definition) is 2. The summed E-state index contributed by atoms with van der Waals surface area (Å²) in [7, 11) is -2.55. The Kier molecular flexibility index (Phi) is 5.76. The van der Waals surface area contributed by atoms with Crippen LogP contribution < -0.4 is 14.8 Å². The number of halogens is 2. The summed E-state index contributed by atoms with van der Waals surface area (Å²) in [5, 5.41) is 2.40. The Bertz CT molecular complexity index is 858. The van der Waals surface area contributed by atoms with Crippen molar-refractivity contribution in [2.24, 2.45) is 0 Å². The zero-order valence-corrected chi connectivity index (χ0v) is 14.1. The predicted molar refractivity (Wildman–Crippen MR) is 88.2 cm³/mol. The molecule has 0 aliphatic rings. The number of methoxy groups -OCH3 is 1. The molecule has 2 N–H and O–H groups in total. The lowest BCUT2D eigenvalue weighted by Gasteiger charge is -2.10. The highest BCUT2D eigenvalue weighted by atomic mass is 35.5. The molecule has 6 nitrogen and oxygen atoms in total. The number of sulfonamides is 1. The van der Waals surface area contributed by atoms with Crippen LogP contribution >= 0.6 is 11.6 Å². The van der Waals surface area contributed by atoms with Crippen molar-refractivity contribution in [1.29, 1.82) is 0 Å². The van der Waals surface area contributed by atoms with Crippen LogP contribution in [-0.2, 0) is 14.8 Å². The minimum absolute atomic E-state index is 0.0332. The van der Waals surface area contributed by atoms with E-state index in [1.807, 2.05) is 0 Å². The van der Waals surface area contributed by atoms with E-state index in [1.54, 1.807) is 6.07 Å². The van der Waals surface area contributed by atoms with Gasteiger partial charge in [-0.3, -0.25) is 4.79 Å². The van der Waals surface area contributed by atoms with E-state index in [2.05, 4.69) is 10.0 Å². The first kappa shape index (κ1) is 18.2. The van der Waals surface area contributed by atoms with Gasteiger partial charge in [0.05, 0.1) is 29.3 Å². The summed E-state index contributed by atoms with van der Waals surface area (Å²) in [5.74, 6) is -0.994. The minimum Gasteiger partial charge on any atom is -0.495 e. The fraction of sp³-hybridized carbons (Fsp3) is 0.133. The van der Waals surface area contributed by atoms with Crippen LogP contribution in [0, 0.1) is 5.82 Å². The quantitative estimate of drug-likeness (QED) is 0.815. The minimum atomic E-state index is -3.95. The summed E-state index contributed by atoms with van der Waals surface area (Å²) in [4.78, 5) is 11.6. The molecule has 2 rings (SSSR count). The summed E-state index contributed by atoms with van der Waals surface area (Å²) in [6.45, 7) is -0.555. The molecule has 0 bridgehead atoms. The Morgan fingerprint density at radius 2 is 1.96 bits per heavy atom. The van der Waals surface area contributed by atoms with Crippen LogP contribution in [0.4, 0.5) is 10.1 Å². The van der Waals surface area contributed by atoms with E-state index in [-0.39, 0.29) is 15.6 Å². The number of anilines is 1. The lowest BCUT2D eigenvalue weighted by molar-refractivity contribution is -0.115. The van der Waals surface area contributed by atoms with Crippen LogP contribution in [0.1, 0.15) is 0 Å². The molecule has 0 fully saturated rings. The summed E-state index contributed by atoms with van der Waals surface area (Å²) in [6.07, 6.45) is 0. The first-order valence-corrected chi connectivity index (χ1v) is 8.57. The third kappa shape index (κ3) is 4.44. The van der Waals surface area contributed by atoms with Crippen LogP contribution in [0.25, 0.3) is 0 Å². The summed E-state index contributed by atoms with van der Waals surface area (Å²) in [5.41, 5.74) is -0.0332. The molecule has 0 aliphatic heterocycles. The van der Waals surface area contributed by atoms with Crippen LogP contribution in [0.15, 0.2) is 47.4 Å². The van der Waals surface area contributed by atoms with Gasteiger partial charge >= 0.3 is 0 Å². The summed E-state index contributed by atoms with van der Waals surface area (Å²) in [6, 6.07) is 9.46. The Morgan fingerprint density at radius 3 is 2.58 bits per heavy atom. The highest BCUT2D eigenvalue weighted by Crippen LogP contribution is 2.26. The number of ether oxygens (including phenoxy) is 1. The maximum absolute atomic E-state index is 13.4. The molecule has 2 aromatic carbocycles. The fourth-order valence-corrected chi connectivity index (χ4v) is 3.15. The van der Waals surface area contributed by atoms with Gasteiger partial charge in [-0.05, 0) is 30.3 Å². The van der Waals surface area contributed by atoms with Gasteiger partial charge in [-0.1, -0.05) is 23.7 Å². The van der Waals surface area contributed by atoms with Crippen molar-refractivity contribution in [3.63, 3.8) is 0 Å². The number of carbonyl (C=O) groups is 1. The van der Waals surface area contributed by atoms with Gasteiger partial charge in [0, 0.05) is 0 Å². The average Bonchev–Trinajstić information content (AvgIpc) is 2.55. The Morgan fingerprint density at radius 1 is 1.25 bits per heavy atom. The zero-order chi connectivity index (χ0) is 17.7. The topological polar surface area (TPSA) is 84.5 Å². The molecular weight excluding hydrogens is 359 g/mol. The molecule has 1 amide bonds. The SMILES string of the molecule is COc1ccc(S(=O)(=O)NCC(=O)Nc2ccccc2F)cc1Cl. The Balaban J connectivity index is 2.03. The lowest BCUT2D eigenvalue weighted by Crippen LogP contribution is -2.33. The van der Waals surface area contributed by atoms with Crippen molar-refractivity contribution in [1.82, 2.24) is 4.72 Å². The van der Waals surface area contributed by atoms with Gasteiger partial charge in [-0.25, -0.2) is 17.5 Å². The highest BCUT2D eigenvalue weighted by molar-refractivity contribution is 7.89. The van der Waals surface area contributed by atoms with Crippen LogP contribution in [0.2, 0.25) is 5.02 Å². The van der Waals surface area contributed by atoms with Crippen molar-refractivity contribution in [2.75, 3.05) is 19.0 Å². The second-order valence-electron chi connectivity index (χ2n) is 4.65. The molecule has 0 saturated heterocycles. The van der Waals surface area contributed by atoms with Gasteiger partial charge in [0.2, 0.25) is 15.9 Å². The van der Waals surface area contributed by atoms with Crippen LogP contribution in [0.5, 0.6) is 5.75 Å². The lowest BCUT2D eigenvalue weighted by atomic mass is 10.3. The van der Waals surface area contributed by atoms with E-state index in [0.29, 0.717) is 5.75 Å². The molecule has 128 valence electrons. The van der Waals surface area contributed by atoms with E-state index in [0.717, 1.165) is 0 Å². The van der Waals surface area contributed by atoms with Gasteiger partial charge in [0.15, 0.2) is 0 Å². The van der Waals surface area contributed by atoms with Crippen molar-refractivity contribution in [3.05, 3.63) is 53.3 Å². The molecule has 0 unspecified atom stereocenters. The molecule has 0 aliphatic carbocycles. The first-order valence-electron chi connectivity index (χ1n) is 6.71. The summed E-state index contributed by atoms with van der Waals surface area (Å²) < 4.78 is 44.8. The molecule has 0 aromatic heterocycles. The second kappa shape index (κ2) is 7.61. The molecule has 24 heavy (non-hydrogen) atoms. The van der Waals surface area contributed by atoms with E-state index in [9.17, 15) is 17.6 Å². The van der Waals surface area contributed by atoms with Crippen molar-refractivity contribution >= 4 is 33.2 Å². The molecule has 0 radical (unpaired) electrons. The number of benzene rings is 2. The average molecular weight is 373 g/mol. The zero-order valence-electron chi connectivity index (χ0n) is 12.5. The Hall–Kier alpha value is -2.16. The standard InChI is InChI=1S/C15H14ClFN2O4S/c1-23-14-7-6-10(8-11(14)16)24(21,22)18-9-15(20)19-13-5-3-2-4-12(13)17/h2-8,18H,9H2,1H3,(H,19,20). The molecule has 9 heteroatoms. The van der Waals surface area contributed by atoms with Crippen molar-refractivity contribution in [2.45, 2.75) is 4.90 Å². The largest absolute Gasteiger partial charge is 0.495 e. The second-order valence-corrected chi connectivity index (χ2v) is 6.82. The predicted octanol–water partition coefficient (Wildman–Crippen LogP) is 2.40. The fourth-order valence-electron chi connectivity index (χ4n) is 1.82. The van der Waals surface area contributed by atoms with Gasteiger partial charge in [-0.15, -0.1) is 0 Å².